The number of nitrogens with zero attached hydrogens (tertiary/aromatic N) is 2. The first-order chi connectivity index (χ1) is 7.56. The molecule has 7 heteroatoms. The van der Waals surface area contributed by atoms with Gasteiger partial charge in [0.1, 0.15) is 11.6 Å². The van der Waals surface area contributed by atoms with Crippen LogP contribution in [0.4, 0.5) is 10.3 Å². The molecule has 0 atom stereocenters. The van der Waals surface area contributed by atoms with Gasteiger partial charge in [-0.3, -0.25) is 4.98 Å². The Morgan fingerprint density at radius 3 is 2.81 bits per heavy atom. The van der Waals surface area contributed by atoms with Crippen molar-refractivity contribution in [2.75, 3.05) is 5.73 Å². The summed E-state index contributed by atoms with van der Waals surface area (Å²) in [6, 6.07) is 3.91. The highest BCUT2D eigenvalue weighted by molar-refractivity contribution is 6.30. The summed E-state index contributed by atoms with van der Waals surface area (Å²) in [5.41, 5.74) is 4.66. The van der Waals surface area contributed by atoms with Crippen LogP contribution in [0.3, 0.4) is 0 Å². The van der Waals surface area contributed by atoms with E-state index in [1.165, 1.54) is 18.2 Å². The lowest BCUT2D eigenvalue weighted by molar-refractivity contribution is 0.629. The molecule has 0 bridgehead atoms. The Morgan fingerprint density at radius 2 is 2.12 bits per heavy atom. The largest absolute Gasteiger partial charge is 0.368 e. The van der Waals surface area contributed by atoms with Gasteiger partial charge < -0.3 is 5.73 Å². The predicted molar refractivity (Wildman–Crippen MR) is 57.5 cm³/mol. The molecule has 0 aliphatic carbocycles. The molecule has 0 aliphatic heterocycles. The number of benzene rings is 1. The molecule has 0 radical (unpaired) electrons. The number of aromatic nitrogens is 3. The Balaban J connectivity index is 2.66. The molecule has 0 spiro atoms. The lowest BCUT2D eigenvalue weighted by atomic mass is 10.2. The molecular formula is C9H6ClFN4O. The highest BCUT2D eigenvalue weighted by Gasteiger charge is 2.09. The fourth-order valence-electron chi connectivity index (χ4n) is 1.21. The van der Waals surface area contributed by atoms with E-state index in [2.05, 4.69) is 15.0 Å². The smallest absolute Gasteiger partial charge is 0.349 e. The Bertz CT molecular complexity index is 598. The monoisotopic (exact) mass is 240 g/mol. The molecule has 1 aromatic carbocycles. The summed E-state index contributed by atoms with van der Waals surface area (Å²) in [6.07, 6.45) is 0. The summed E-state index contributed by atoms with van der Waals surface area (Å²) >= 11 is 5.71. The van der Waals surface area contributed by atoms with Gasteiger partial charge in [0.05, 0.1) is 5.56 Å². The summed E-state index contributed by atoms with van der Waals surface area (Å²) < 4.78 is 13.4. The van der Waals surface area contributed by atoms with Crippen LogP contribution < -0.4 is 11.4 Å². The molecule has 16 heavy (non-hydrogen) atoms. The minimum Gasteiger partial charge on any atom is -0.368 e. The zero-order chi connectivity index (χ0) is 11.7. The Hall–Kier alpha value is -1.95. The third-order valence-electron chi connectivity index (χ3n) is 1.85. The van der Waals surface area contributed by atoms with Crippen LogP contribution in [0.1, 0.15) is 0 Å². The number of halogens is 2. The van der Waals surface area contributed by atoms with Crippen molar-refractivity contribution >= 4 is 17.5 Å². The molecule has 0 amide bonds. The molecule has 0 aliphatic rings. The maximum atomic E-state index is 13.4. The van der Waals surface area contributed by atoms with Gasteiger partial charge in [0.2, 0.25) is 5.95 Å². The number of hydrogen-bond acceptors (Lipinski definition) is 4. The van der Waals surface area contributed by atoms with Crippen molar-refractivity contribution < 1.29 is 4.39 Å². The molecule has 1 heterocycles. The van der Waals surface area contributed by atoms with Crippen LogP contribution in [0.5, 0.6) is 0 Å². The van der Waals surface area contributed by atoms with Crippen molar-refractivity contribution in [2.45, 2.75) is 0 Å². The molecule has 1 aromatic heterocycles. The standard InChI is InChI=1S/C9H6ClFN4O/c10-4-1-2-6(11)5(3-4)7-13-8(12)15-9(16)14-7/h1-3H,(H3,12,13,14,15,16). The van der Waals surface area contributed by atoms with Gasteiger partial charge in [-0.25, -0.2) is 9.18 Å². The van der Waals surface area contributed by atoms with E-state index in [0.717, 1.165) is 0 Å². The Labute approximate surface area is 94.1 Å². The van der Waals surface area contributed by atoms with E-state index < -0.39 is 11.5 Å². The molecule has 0 unspecified atom stereocenters. The van der Waals surface area contributed by atoms with E-state index in [1.54, 1.807) is 0 Å². The van der Waals surface area contributed by atoms with Gasteiger partial charge in [-0.2, -0.15) is 9.97 Å². The first kappa shape index (κ1) is 10.6. The lowest BCUT2D eigenvalue weighted by Crippen LogP contribution is -2.15. The van der Waals surface area contributed by atoms with Gasteiger partial charge in [0, 0.05) is 5.02 Å². The second-order valence-electron chi connectivity index (χ2n) is 2.98. The van der Waals surface area contributed by atoms with Crippen molar-refractivity contribution in [3.63, 3.8) is 0 Å². The van der Waals surface area contributed by atoms with E-state index in [9.17, 15) is 9.18 Å². The number of rotatable bonds is 1. The number of hydrogen-bond donors (Lipinski definition) is 2. The molecule has 2 aromatic rings. The molecule has 2 rings (SSSR count). The molecule has 82 valence electrons. The van der Waals surface area contributed by atoms with Crippen molar-refractivity contribution in [3.8, 4) is 11.4 Å². The zero-order valence-corrected chi connectivity index (χ0v) is 8.62. The summed E-state index contributed by atoms with van der Waals surface area (Å²) in [5.74, 6) is -0.784. The molecule has 3 N–H and O–H groups in total. The van der Waals surface area contributed by atoms with Gasteiger partial charge >= 0.3 is 5.69 Å². The van der Waals surface area contributed by atoms with Crippen molar-refractivity contribution in [1.29, 1.82) is 0 Å². The van der Waals surface area contributed by atoms with Crippen LogP contribution in [0.15, 0.2) is 23.0 Å². The van der Waals surface area contributed by atoms with Crippen LogP contribution >= 0.6 is 11.6 Å². The fourth-order valence-corrected chi connectivity index (χ4v) is 1.38. The first-order valence-electron chi connectivity index (χ1n) is 4.25. The van der Waals surface area contributed by atoms with Crippen LogP contribution in [0.25, 0.3) is 11.4 Å². The number of aromatic amines is 1. The average Bonchev–Trinajstić information content (AvgIpc) is 2.20. The van der Waals surface area contributed by atoms with Crippen molar-refractivity contribution in [1.82, 2.24) is 15.0 Å². The van der Waals surface area contributed by atoms with Gasteiger partial charge in [-0.1, -0.05) is 11.6 Å². The second kappa shape index (κ2) is 3.90. The van der Waals surface area contributed by atoms with Gasteiger partial charge in [-0.05, 0) is 18.2 Å². The van der Waals surface area contributed by atoms with Gasteiger partial charge in [-0.15, -0.1) is 0 Å². The molecule has 0 saturated carbocycles. The lowest BCUT2D eigenvalue weighted by Gasteiger charge is -2.02. The van der Waals surface area contributed by atoms with Crippen LogP contribution in [0, 0.1) is 5.82 Å². The predicted octanol–water partition coefficient (Wildman–Crippen LogP) is 1.21. The van der Waals surface area contributed by atoms with E-state index in [-0.39, 0.29) is 17.3 Å². The van der Waals surface area contributed by atoms with E-state index in [1.807, 2.05) is 0 Å². The Kier molecular flexibility index (Phi) is 2.57. The maximum absolute atomic E-state index is 13.4. The second-order valence-corrected chi connectivity index (χ2v) is 3.42. The Morgan fingerprint density at radius 1 is 1.38 bits per heavy atom. The number of H-pyrrole nitrogens is 1. The normalized spacial score (nSPS) is 10.4. The van der Waals surface area contributed by atoms with Gasteiger partial charge in [0.15, 0.2) is 0 Å². The van der Waals surface area contributed by atoms with Crippen LogP contribution in [-0.4, -0.2) is 15.0 Å². The molecule has 0 fully saturated rings. The molecule has 0 saturated heterocycles. The van der Waals surface area contributed by atoms with E-state index in [0.29, 0.717) is 5.02 Å². The number of nitrogen functional groups attached to an aromatic ring is 1. The average molecular weight is 241 g/mol. The summed E-state index contributed by atoms with van der Waals surface area (Å²) in [5, 5.41) is 0.328. The molecule has 5 nitrogen and oxygen atoms in total. The topological polar surface area (TPSA) is 84.7 Å². The summed E-state index contributed by atoms with van der Waals surface area (Å²) in [7, 11) is 0. The summed E-state index contributed by atoms with van der Waals surface area (Å²) in [6.45, 7) is 0. The molecular weight excluding hydrogens is 235 g/mol. The zero-order valence-electron chi connectivity index (χ0n) is 7.87. The first-order valence-corrected chi connectivity index (χ1v) is 4.63. The van der Waals surface area contributed by atoms with Crippen LogP contribution in [-0.2, 0) is 0 Å². The quantitative estimate of drug-likeness (QED) is 0.785. The minimum atomic E-state index is -0.693. The van der Waals surface area contributed by atoms with E-state index in [4.69, 9.17) is 17.3 Å². The van der Waals surface area contributed by atoms with E-state index >= 15 is 0 Å². The number of nitrogens with two attached hydrogens (primary N) is 1. The van der Waals surface area contributed by atoms with Crippen molar-refractivity contribution in [3.05, 3.63) is 39.5 Å². The van der Waals surface area contributed by atoms with Gasteiger partial charge in [0.25, 0.3) is 0 Å². The number of anilines is 1. The summed E-state index contributed by atoms with van der Waals surface area (Å²) in [4.78, 5) is 20.3. The third-order valence-corrected chi connectivity index (χ3v) is 2.09. The highest BCUT2D eigenvalue weighted by Crippen LogP contribution is 2.22. The number of nitrogens with one attached hydrogen (secondary N) is 1. The minimum absolute atomic E-state index is 0.00231. The maximum Gasteiger partial charge on any atom is 0.349 e. The fraction of sp³-hybridized carbons (Fsp3) is 0. The van der Waals surface area contributed by atoms with Crippen LogP contribution in [0.2, 0.25) is 5.02 Å². The SMILES string of the molecule is Nc1nc(-c2cc(Cl)ccc2F)[nH]c(=O)n1. The third kappa shape index (κ3) is 2.01. The van der Waals surface area contributed by atoms with Crippen molar-refractivity contribution in [2.24, 2.45) is 0 Å². The highest BCUT2D eigenvalue weighted by atomic mass is 35.5.